The van der Waals surface area contributed by atoms with E-state index < -0.39 is 6.04 Å². The number of aromatic nitrogens is 6. The van der Waals surface area contributed by atoms with Gasteiger partial charge in [0.05, 0.1) is 16.9 Å². The molecule has 1 aliphatic heterocycles. The van der Waals surface area contributed by atoms with E-state index in [1.54, 1.807) is 36.4 Å². The number of anilines is 1. The Hall–Kier alpha value is -4.64. The molecule has 3 heterocycles. The molecule has 11 nitrogen and oxygen atoms in total. The normalized spacial score (nSPS) is 17.1. The van der Waals surface area contributed by atoms with Crippen molar-refractivity contribution in [3.63, 3.8) is 0 Å². The van der Waals surface area contributed by atoms with Crippen LogP contribution in [0.4, 0.5) is 5.69 Å². The highest BCUT2D eigenvalue weighted by atomic mass is 35.5. The summed E-state index contributed by atoms with van der Waals surface area (Å²) in [5.41, 5.74) is 2.52. The van der Waals surface area contributed by atoms with Gasteiger partial charge in [-0.25, -0.2) is 0 Å². The van der Waals surface area contributed by atoms with E-state index in [9.17, 15) is 9.59 Å². The molecule has 0 unspecified atom stereocenters. The number of carbonyl (C=O) groups is 2. The van der Waals surface area contributed by atoms with Crippen LogP contribution in [-0.4, -0.2) is 42.2 Å². The molecule has 198 valence electrons. The Bertz CT molecular complexity index is 1510. The zero-order valence-electron chi connectivity index (χ0n) is 20.8. The van der Waals surface area contributed by atoms with Crippen LogP contribution in [0.5, 0.6) is 0 Å². The number of nitrogens with one attached hydrogen (secondary N) is 2. The summed E-state index contributed by atoms with van der Waals surface area (Å²) in [6.45, 7) is 0. The molecule has 0 aliphatic carbocycles. The number of rotatable bonds is 4. The van der Waals surface area contributed by atoms with Gasteiger partial charge in [0, 0.05) is 23.1 Å². The Balaban J connectivity index is 1.39. The Kier molecular flexibility index (Phi) is 8.18. The van der Waals surface area contributed by atoms with E-state index in [4.69, 9.17) is 16.0 Å². The molecule has 0 radical (unpaired) electrons. The summed E-state index contributed by atoms with van der Waals surface area (Å²) in [5.74, 6) is 0.0753. The van der Waals surface area contributed by atoms with Crippen molar-refractivity contribution < 1.29 is 14.0 Å². The summed E-state index contributed by atoms with van der Waals surface area (Å²) in [4.78, 5) is 25.4. The zero-order chi connectivity index (χ0) is 27.0. The molecule has 0 fully saturated rings. The van der Waals surface area contributed by atoms with E-state index in [2.05, 4.69) is 36.4 Å². The summed E-state index contributed by atoms with van der Waals surface area (Å²) in [6.07, 6.45) is 11.8. The fourth-order valence-corrected chi connectivity index (χ4v) is 4.30. The number of nitrogens with zero attached hydrogens (tertiary/aromatic N) is 6. The van der Waals surface area contributed by atoms with Gasteiger partial charge in [-0.1, -0.05) is 35.9 Å². The second kappa shape index (κ2) is 12.3. The van der Waals surface area contributed by atoms with Crippen LogP contribution in [-0.2, 0) is 9.59 Å². The van der Waals surface area contributed by atoms with Gasteiger partial charge in [-0.3, -0.25) is 9.59 Å². The average molecular weight is 545 g/mol. The van der Waals surface area contributed by atoms with Gasteiger partial charge < -0.3 is 15.1 Å². The van der Waals surface area contributed by atoms with Crippen molar-refractivity contribution in [2.75, 3.05) is 5.32 Å². The second-order valence-corrected chi connectivity index (χ2v) is 9.28. The van der Waals surface area contributed by atoms with Gasteiger partial charge in [-0.15, -0.1) is 15.3 Å². The highest BCUT2D eigenvalue weighted by Gasteiger charge is 2.21. The number of allylic oxidation sites excluding steroid dienone is 1. The minimum Gasteiger partial charge on any atom is -0.418 e. The van der Waals surface area contributed by atoms with Gasteiger partial charge in [0.2, 0.25) is 23.6 Å². The molecule has 2 N–H and O–H groups in total. The lowest BCUT2D eigenvalue weighted by atomic mass is 10.1. The van der Waals surface area contributed by atoms with Gasteiger partial charge in [0.25, 0.3) is 0 Å². The van der Waals surface area contributed by atoms with Crippen molar-refractivity contribution in [3.05, 3.63) is 83.5 Å². The maximum Gasteiger partial charge on any atom is 0.249 e. The smallest absolute Gasteiger partial charge is 0.249 e. The number of hydrogen-bond acceptors (Lipinski definition) is 8. The summed E-state index contributed by atoms with van der Waals surface area (Å²) in [7, 11) is 0. The number of halogens is 1. The van der Waals surface area contributed by atoms with E-state index in [1.807, 2.05) is 24.3 Å². The molecule has 4 aromatic rings. The quantitative estimate of drug-likeness (QED) is 0.278. The summed E-state index contributed by atoms with van der Waals surface area (Å²) >= 11 is 6.18. The molecule has 2 amide bonds. The molecule has 0 saturated carbocycles. The largest absolute Gasteiger partial charge is 0.418 e. The maximum absolute atomic E-state index is 13.0. The Morgan fingerprint density at radius 1 is 1.15 bits per heavy atom. The summed E-state index contributed by atoms with van der Waals surface area (Å²) in [6, 6.07) is 11.9. The summed E-state index contributed by atoms with van der Waals surface area (Å²) in [5, 5.41) is 26.0. The van der Waals surface area contributed by atoms with Crippen LogP contribution >= 0.6 is 11.6 Å². The van der Waals surface area contributed by atoms with Gasteiger partial charge >= 0.3 is 0 Å². The predicted molar refractivity (Wildman–Crippen MR) is 145 cm³/mol. The molecule has 0 spiro atoms. The fourth-order valence-electron chi connectivity index (χ4n) is 4.12. The standard InChI is InChI=1S/C27H25ClN8O3/c28-19-13-14-23(36-17-29-34-35-36)18(16-19)12-15-25(38)31-22-10-4-2-1-3-5-11-24(37)30-21-9-7-6-8-20(21)26-32-33-27(22)39-26/h2,4,6-9,12-17,22H,1,3,5,10-11H2,(H,30,37)(H,31,38)/b4-2+,15-12+/t22-/m0/s1. The predicted octanol–water partition coefficient (Wildman–Crippen LogP) is 4.70. The molecule has 0 saturated heterocycles. The van der Waals surface area contributed by atoms with E-state index >= 15 is 0 Å². The van der Waals surface area contributed by atoms with Gasteiger partial charge in [0.1, 0.15) is 12.4 Å². The lowest BCUT2D eigenvalue weighted by Gasteiger charge is -2.12. The molecule has 12 heteroatoms. The minimum absolute atomic E-state index is 0.0686. The number of tetrazole rings is 1. The number of amides is 2. The minimum atomic E-state index is -0.565. The Morgan fingerprint density at radius 2 is 2.05 bits per heavy atom. The lowest BCUT2D eigenvalue weighted by molar-refractivity contribution is -0.117. The van der Waals surface area contributed by atoms with Crippen molar-refractivity contribution in [2.45, 2.75) is 38.1 Å². The monoisotopic (exact) mass is 544 g/mol. The topological polar surface area (TPSA) is 141 Å². The van der Waals surface area contributed by atoms with Crippen LogP contribution in [0.1, 0.15) is 49.6 Å². The zero-order valence-corrected chi connectivity index (χ0v) is 21.6. The number of hydrogen-bond donors (Lipinski definition) is 2. The molecule has 39 heavy (non-hydrogen) atoms. The molecule has 1 aliphatic rings. The Labute approximate surface area is 229 Å². The van der Waals surface area contributed by atoms with E-state index in [0.29, 0.717) is 40.4 Å². The molecule has 1 atom stereocenters. The highest BCUT2D eigenvalue weighted by Crippen LogP contribution is 2.29. The first-order chi connectivity index (χ1) is 19.1. The van der Waals surface area contributed by atoms with Crippen molar-refractivity contribution in [2.24, 2.45) is 0 Å². The molecule has 2 bridgehead atoms. The van der Waals surface area contributed by atoms with Crippen LogP contribution in [0.15, 0.2) is 71.4 Å². The van der Waals surface area contributed by atoms with E-state index in [0.717, 1.165) is 19.3 Å². The molecule has 2 aromatic heterocycles. The van der Waals surface area contributed by atoms with Crippen LogP contribution in [0.2, 0.25) is 5.02 Å². The average Bonchev–Trinajstić information content (AvgIpc) is 3.64. The lowest BCUT2D eigenvalue weighted by Crippen LogP contribution is -2.26. The van der Waals surface area contributed by atoms with Crippen LogP contribution in [0, 0.1) is 0 Å². The third kappa shape index (κ3) is 6.63. The molecule has 5 rings (SSSR count). The van der Waals surface area contributed by atoms with E-state index in [-0.39, 0.29) is 23.6 Å². The van der Waals surface area contributed by atoms with Crippen molar-refractivity contribution in [3.8, 4) is 17.1 Å². The van der Waals surface area contributed by atoms with Gasteiger partial charge in [-0.2, -0.15) is 4.68 Å². The molecular weight excluding hydrogens is 520 g/mol. The first-order valence-electron chi connectivity index (χ1n) is 12.5. The van der Waals surface area contributed by atoms with Crippen LogP contribution < -0.4 is 10.6 Å². The SMILES string of the molecule is O=C(/C=C/c1cc(Cl)ccc1-n1cnnn1)N[C@H]1C/C=C/CCCCC(=O)Nc2ccccc2-c2nnc1o2. The first kappa shape index (κ1) is 26.0. The number of benzene rings is 2. The van der Waals surface area contributed by atoms with E-state index in [1.165, 1.54) is 17.1 Å². The third-order valence-corrected chi connectivity index (χ3v) is 6.28. The third-order valence-electron chi connectivity index (χ3n) is 6.05. The van der Waals surface area contributed by atoms with Crippen LogP contribution in [0.3, 0.4) is 0 Å². The number of para-hydroxylation sites is 1. The van der Waals surface area contributed by atoms with Crippen molar-refractivity contribution >= 4 is 35.2 Å². The Morgan fingerprint density at radius 3 is 2.92 bits per heavy atom. The second-order valence-electron chi connectivity index (χ2n) is 8.84. The molecular formula is C27H25ClN8O3. The van der Waals surface area contributed by atoms with Crippen molar-refractivity contribution in [1.82, 2.24) is 35.7 Å². The van der Waals surface area contributed by atoms with Crippen molar-refractivity contribution in [1.29, 1.82) is 0 Å². The first-order valence-corrected chi connectivity index (χ1v) is 12.8. The number of carbonyl (C=O) groups excluding carboxylic acids is 2. The summed E-state index contributed by atoms with van der Waals surface area (Å²) < 4.78 is 7.48. The van der Waals surface area contributed by atoms with Crippen LogP contribution in [0.25, 0.3) is 23.2 Å². The number of fused-ring (bicyclic) bond motifs is 4. The van der Waals surface area contributed by atoms with Gasteiger partial charge in [-0.05, 0) is 72.5 Å². The highest BCUT2D eigenvalue weighted by molar-refractivity contribution is 6.30. The molecule has 2 aromatic carbocycles. The van der Waals surface area contributed by atoms with Gasteiger partial charge in [0.15, 0.2) is 0 Å². The maximum atomic E-state index is 13.0. The fraction of sp³-hybridized carbons (Fsp3) is 0.222.